The van der Waals surface area contributed by atoms with E-state index in [-0.39, 0.29) is 13.8 Å². The van der Waals surface area contributed by atoms with Gasteiger partial charge in [0.2, 0.25) is 0 Å². The van der Waals surface area contributed by atoms with Gasteiger partial charge in [-0.25, -0.2) is 0 Å². The Labute approximate surface area is 92.4 Å². The van der Waals surface area contributed by atoms with Crippen LogP contribution in [0.1, 0.15) is 14.3 Å². The van der Waals surface area contributed by atoms with Gasteiger partial charge in [0.1, 0.15) is 0 Å². The van der Waals surface area contributed by atoms with Gasteiger partial charge < -0.3 is 1.43 Å². The molecule has 0 saturated heterocycles. The molecule has 0 radical (unpaired) electrons. The van der Waals surface area contributed by atoms with E-state index in [1.165, 1.54) is 12.8 Å². The summed E-state index contributed by atoms with van der Waals surface area (Å²) in [4.78, 5) is 0. The molecule has 2 aliphatic rings. The SMILES string of the molecule is C1=CC[C]([Hf][C]2=CC=CC2)=C1.Cl.[H-]. The summed E-state index contributed by atoms with van der Waals surface area (Å²) in [5, 5.41) is 0. The van der Waals surface area contributed by atoms with Gasteiger partial charge in [0, 0.05) is 0 Å². The smallest absolute Gasteiger partial charge is 0.147 e. The molecule has 0 heterocycles. The van der Waals surface area contributed by atoms with Crippen LogP contribution < -0.4 is 0 Å². The third-order valence-corrected chi connectivity index (χ3v) is 6.84. The van der Waals surface area contributed by atoms with Crippen molar-refractivity contribution >= 4 is 12.4 Å². The Morgan fingerprint density at radius 2 is 1.50 bits per heavy atom. The van der Waals surface area contributed by atoms with Gasteiger partial charge in [-0.3, -0.25) is 0 Å². The molecule has 0 aromatic rings. The van der Waals surface area contributed by atoms with E-state index in [4.69, 9.17) is 0 Å². The maximum atomic E-state index is 2.32. The molecule has 2 heteroatoms. The summed E-state index contributed by atoms with van der Waals surface area (Å²) in [7, 11) is 0. The van der Waals surface area contributed by atoms with E-state index >= 15 is 0 Å². The Kier molecular flexibility index (Phi) is 4.24. The molecule has 0 saturated carbocycles. The van der Waals surface area contributed by atoms with Crippen LogP contribution in [0.5, 0.6) is 0 Å². The second-order valence-electron chi connectivity index (χ2n) is 2.77. The number of rotatable bonds is 2. The number of allylic oxidation sites excluding steroid dienone is 8. The summed E-state index contributed by atoms with van der Waals surface area (Å²) in [6.07, 6.45) is 16.1. The van der Waals surface area contributed by atoms with Crippen molar-refractivity contribution in [2.45, 2.75) is 12.8 Å². The zero-order valence-electron chi connectivity index (χ0n) is 7.79. The van der Waals surface area contributed by atoms with Gasteiger partial charge in [-0.1, -0.05) is 0 Å². The summed E-state index contributed by atoms with van der Waals surface area (Å²) in [5.74, 6) is 0. The van der Waals surface area contributed by atoms with Crippen LogP contribution in [0.25, 0.3) is 0 Å². The minimum atomic E-state index is -0.526. The van der Waals surface area contributed by atoms with Crippen LogP contribution in [0.15, 0.2) is 43.1 Å². The number of hydrogen-bond acceptors (Lipinski definition) is 0. The molecule has 12 heavy (non-hydrogen) atoms. The Hall–Kier alpha value is 0.120. The van der Waals surface area contributed by atoms with E-state index in [0.29, 0.717) is 0 Å². The van der Waals surface area contributed by atoms with Crippen molar-refractivity contribution in [3.8, 4) is 0 Å². The third kappa shape index (κ3) is 2.56. The molecule has 0 aliphatic heterocycles. The van der Waals surface area contributed by atoms with Crippen LogP contribution in [-0.2, 0) is 22.9 Å². The zero-order valence-corrected chi connectivity index (χ0v) is 11.2. The van der Waals surface area contributed by atoms with Gasteiger partial charge in [-0.15, -0.1) is 12.4 Å². The van der Waals surface area contributed by atoms with Crippen molar-refractivity contribution in [3.63, 3.8) is 0 Å². The van der Waals surface area contributed by atoms with E-state index in [1.54, 1.807) is 6.66 Å². The van der Waals surface area contributed by atoms with Crippen molar-refractivity contribution < 1.29 is 24.3 Å². The zero-order chi connectivity index (χ0) is 7.52. The van der Waals surface area contributed by atoms with Gasteiger partial charge in [-0.2, -0.15) is 0 Å². The van der Waals surface area contributed by atoms with Crippen molar-refractivity contribution in [1.82, 2.24) is 0 Å². The standard InChI is InChI=1S/2C5H5.ClH.Hf.H/c2*1-2-4-5-3-1;;;/h2*1-3H,4H2;1H;;/q;;;;-1. The summed E-state index contributed by atoms with van der Waals surface area (Å²) in [5.41, 5.74) is 0. The summed E-state index contributed by atoms with van der Waals surface area (Å²) in [6.45, 7) is 0. The Bertz CT molecular complexity index is 249. The monoisotopic (exact) mass is 347 g/mol. The molecule has 2 rings (SSSR count). The first kappa shape index (κ1) is 10.2. The minimum absolute atomic E-state index is 0. The van der Waals surface area contributed by atoms with Crippen LogP contribution in [0, 0.1) is 0 Å². The maximum absolute atomic E-state index is 2.32. The molecule has 0 aromatic carbocycles. The van der Waals surface area contributed by atoms with Crippen molar-refractivity contribution in [2.75, 3.05) is 0 Å². The van der Waals surface area contributed by atoms with E-state index in [1.807, 2.05) is 0 Å². The van der Waals surface area contributed by atoms with Gasteiger partial charge in [0.15, 0.2) is 0 Å². The first-order valence-electron chi connectivity index (χ1n) is 3.93. The Balaban J connectivity index is 0.000000720. The normalized spacial score (nSPS) is 18.7. The van der Waals surface area contributed by atoms with Crippen LogP contribution in [0.3, 0.4) is 0 Å². The predicted molar refractivity (Wildman–Crippen MR) is 52.0 cm³/mol. The molecule has 0 bridgehead atoms. The average Bonchev–Trinajstić information content (AvgIpc) is 2.60. The second-order valence-corrected chi connectivity index (χ2v) is 8.29. The Morgan fingerprint density at radius 3 is 1.83 bits per heavy atom. The summed E-state index contributed by atoms with van der Waals surface area (Å²) >= 11 is -0.526. The van der Waals surface area contributed by atoms with E-state index in [9.17, 15) is 0 Å². The topological polar surface area (TPSA) is 0 Å². The molecule has 0 atom stereocenters. The Morgan fingerprint density at radius 1 is 1.00 bits per heavy atom. The van der Waals surface area contributed by atoms with Crippen molar-refractivity contribution in [1.29, 1.82) is 0 Å². The molecule has 64 valence electrons. The quantitative estimate of drug-likeness (QED) is 0.673. The van der Waals surface area contributed by atoms with E-state index in [0.717, 1.165) is 0 Å². The molecule has 0 N–H and O–H groups in total. The third-order valence-electron chi connectivity index (χ3n) is 1.86. The molecular formula is C10H12ClHf-. The second kappa shape index (κ2) is 4.98. The number of halogens is 1. The summed E-state index contributed by atoms with van der Waals surface area (Å²) in [6, 6.07) is 0. The largest absolute Gasteiger partial charge is 1.00 e. The van der Waals surface area contributed by atoms with Crippen LogP contribution in [0.4, 0.5) is 0 Å². The summed E-state index contributed by atoms with van der Waals surface area (Å²) < 4.78 is 3.50. The van der Waals surface area contributed by atoms with Gasteiger partial charge in [-0.05, 0) is 0 Å². The first-order chi connectivity index (χ1) is 5.45. The fourth-order valence-electron chi connectivity index (χ4n) is 1.29. The van der Waals surface area contributed by atoms with Crippen molar-refractivity contribution in [2.24, 2.45) is 0 Å². The molecule has 0 aromatic heterocycles. The van der Waals surface area contributed by atoms with Crippen LogP contribution in [0.2, 0.25) is 0 Å². The van der Waals surface area contributed by atoms with E-state index < -0.39 is 22.9 Å². The van der Waals surface area contributed by atoms with Crippen molar-refractivity contribution in [3.05, 3.63) is 43.1 Å². The molecular weight excluding hydrogens is 334 g/mol. The van der Waals surface area contributed by atoms with Gasteiger partial charge >= 0.3 is 78.9 Å². The number of hydrogen-bond donors (Lipinski definition) is 0. The maximum Gasteiger partial charge on any atom is -0.147 e. The molecule has 2 aliphatic carbocycles. The van der Waals surface area contributed by atoms with Gasteiger partial charge in [0.05, 0.1) is 0 Å². The van der Waals surface area contributed by atoms with E-state index in [2.05, 4.69) is 36.5 Å². The molecule has 0 amide bonds. The van der Waals surface area contributed by atoms with Crippen LogP contribution in [-0.4, -0.2) is 0 Å². The first-order valence-corrected chi connectivity index (χ1v) is 7.53. The molecule has 0 nitrogen and oxygen atoms in total. The van der Waals surface area contributed by atoms with Gasteiger partial charge in [0.25, 0.3) is 0 Å². The molecule has 0 fully saturated rings. The fourth-order valence-corrected chi connectivity index (χ4v) is 5.64. The fraction of sp³-hybridized carbons (Fsp3) is 0.200. The predicted octanol–water partition coefficient (Wildman–Crippen LogP) is 3.29. The molecule has 0 spiro atoms. The average molecular weight is 346 g/mol. The molecule has 0 unspecified atom stereocenters. The van der Waals surface area contributed by atoms with Crippen LogP contribution >= 0.6 is 12.4 Å². The minimum Gasteiger partial charge on any atom is -1.00 e.